The zero-order chi connectivity index (χ0) is 15.5. The number of nitrogens with one attached hydrogen (secondary N) is 1. The minimum Gasteiger partial charge on any atom is -0.379 e. The predicted octanol–water partition coefficient (Wildman–Crippen LogP) is 1.81. The highest BCUT2D eigenvalue weighted by molar-refractivity contribution is 5.67. The van der Waals surface area contributed by atoms with Crippen LogP contribution in [0.3, 0.4) is 0 Å². The molecule has 1 aliphatic rings. The van der Waals surface area contributed by atoms with Gasteiger partial charge in [-0.2, -0.15) is 5.10 Å². The molecule has 6 heteroatoms. The average Bonchev–Trinajstić information content (AvgIpc) is 2.89. The van der Waals surface area contributed by atoms with Gasteiger partial charge in [0.2, 0.25) is 0 Å². The first-order chi connectivity index (χ1) is 10.6. The molecule has 1 fully saturated rings. The van der Waals surface area contributed by atoms with Crippen molar-refractivity contribution in [1.82, 2.24) is 19.5 Å². The van der Waals surface area contributed by atoms with Crippen molar-refractivity contribution in [2.24, 2.45) is 5.92 Å². The number of nitrogens with zero attached hydrogens (tertiary/aromatic N) is 4. The Hall–Kier alpha value is -1.66. The number of morpholine rings is 1. The van der Waals surface area contributed by atoms with Crippen molar-refractivity contribution >= 4 is 11.3 Å². The first kappa shape index (κ1) is 15.2. The van der Waals surface area contributed by atoms with E-state index in [0.29, 0.717) is 12.0 Å². The lowest BCUT2D eigenvalue weighted by molar-refractivity contribution is 0.00954. The Morgan fingerprint density at radius 1 is 1.32 bits per heavy atom. The van der Waals surface area contributed by atoms with Crippen LogP contribution in [0, 0.1) is 12.8 Å². The van der Waals surface area contributed by atoms with Gasteiger partial charge in [-0.25, -0.2) is 9.50 Å². The maximum absolute atomic E-state index is 5.47. The Morgan fingerprint density at radius 2 is 2.09 bits per heavy atom. The summed E-state index contributed by atoms with van der Waals surface area (Å²) in [4.78, 5) is 7.00. The quantitative estimate of drug-likeness (QED) is 0.913. The Balaban J connectivity index is 1.73. The fourth-order valence-corrected chi connectivity index (χ4v) is 3.08. The molecule has 0 saturated carbocycles. The van der Waals surface area contributed by atoms with E-state index < -0.39 is 0 Å². The minimum atomic E-state index is 0.481. The molecule has 1 aliphatic heterocycles. The third kappa shape index (κ3) is 3.23. The van der Waals surface area contributed by atoms with Crippen molar-refractivity contribution in [1.29, 1.82) is 0 Å². The minimum absolute atomic E-state index is 0.481. The van der Waals surface area contributed by atoms with Crippen LogP contribution in [0.25, 0.3) is 5.52 Å². The van der Waals surface area contributed by atoms with Gasteiger partial charge < -0.3 is 10.1 Å². The molecule has 3 rings (SSSR count). The monoisotopic (exact) mass is 303 g/mol. The van der Waals surface area contributed by atoms with Gasteiger partial charge in [0.1, 0.15) is 5.52 Å². The molecule has 0 aliphatic carbocycles. The summed E-state index contributed by atoms with van der Waals surface area (Å²) in [5.74, 6) is 1.49. The van der Waals surface area contributed by atoms with Gasteiger partial charge in [0.25, 0.3) is 0 Å². The molecule has 3 heterocycles. The largest absolute Gasteiger partial charge is 0.379 e. The fraction of sp³-hybridized carbons (Fsp3) is 0.625. The van der Waals surface area contributed by atoms with E-state index in [1.54, 1.807) is 6.20 Å². The number of hydrogen-bond acceptors (Lipinski definition) is 5. The van der Waals surface area contributed by atoms with Gasteiger partial charge in [0, 0.05) is 38.1 Å². The Kier molecular flexibility index (Phi) is 4.59. The zero-order valence-corrected chi connectivity index (χ0v) is 13.6. The lowest BCUT2D eigenvalue weighted by atomic mass is 10.0. The molecule has 1 N–H and O–H groups in total. The zero-order valence-electron chi connectivity index (χ0n) is 13.6. The summed E-state index contributed by atoms with van der Waals surface area (Å²) >= 11 is 0. The molecule has 2 aromatic rings. The lowest BCUT2D eigenvalue weighted by Gasteiger charge is -2.37. The van der Waals surface area contributed by atoms with Crippen LogP contribution in [0.5, 0.6) is 0 Å². The number of aromatic nitrogens is 3. The molecule has 1 atom stereocenters. The number of ether oxygens (including phenoxy) is 1. The van der Waals surface area contributed by atoms with Gasteiger partial charge in [-0.05, 0) is 18.9 Å². The highest BCUT2D eigenvalue weighted by Crippen LogP contribution is 2.17. The van der Waals surface area contributed by atoms with Crippen LogP contribution in [0.1, 0.15) is 19.5 Å². The number of anilines is 1. The summed E-state index contributed by atoms with van der Waals surface area (Å²) in [6.07, 6.45) is 3.68. The summed E-state index contributed by atoms with van der Waals surface area (Å²) in [5.41, 5.74) is 2.04. The molecular weight excluding hydrogens is 278 g/mol. The van der Waals surface area contributed by atoms with E-state index in [-0.39, 0.29) is 0 Å². The fourth-order valence-electron chi connectivity index (χ4n) is 3.08. The molecule has 1 saturated heterocycles. The third-order valence-electron chi connectivity index (χ3n) is 4.27. The second-order valence-electron chi connectivity index (χ2n) is 6.23. The predicted molar refractivity (Wildman–Crippen MR) is 87.2 cm³/mol. The summed E-state index contributed by atoms with van der Waals surface area (Å²) in [6.45, 7) is 11.1. The van der Waals surface area contributed by atoms with Crippen LogP contribution in [0.2, 0.25) is 0 Å². The number of fused-ring (bicyclic) bond motifs is 1. The van der Waals surface area contributed by atoms with Crippen LogP contribution < -0.4 is 5.32 Å². The molecule has 0 radical (unpaired) electrons. The second kappa shape index (κ2) is 6.62. The highest BCUT2D eigenvalue weighted by atomic mass is 16.5. The molecule has 1 unspecified atom stereocenters. The smallest absolute Gasteiger partial charge is 0.152 e. The van der Waals surface area contributed by atoms with E-state index in [9.17, 15) is 0 Å². The molecule has 0 spiro atoms. The summed E-state index contributed by atoms with van der Waals surface area (Å²) in [7, 11) is 0. The normalized spacial score (nSPS) is 18.0. The highest BCUT2D eigenvalue weighted by Gasteiger charge is 2.23. The number of hydrogen-bond donors (Lipinski definition) is 1. The van der Waals surface area contributed by atoms with E-state index in [4.69, 9.17) is 4.74 Å². The van der Waals surface area contributed by atoms with Gasteiger partial charge >= 0.3 is 0 Å². The SMILES string of the molecule is Cc1cc2c(NCC(C(C)C)N3CCOCC3)nccn2n1. The first-order valence-corrected chi connectivity index (χ1v) is 8.02. The molecule has 0 bridgehead atoms. The molecule has 120 valence electrons. The van der Waals surface area contributed by atoms with Crippen LogP contribution in [-0.4, -0.2) is 58.4 Å². The molecule has 22 heavy (non-hydrogen) atoms. The lowest BCUT2D eigenvalue weighted by Crippen LogP contribution is -2.49. The maximum atomic E-state index is 5.47. The molecule has 6 nitrogen and oxygen atoms in total. The van der Waals surface area contributed by atoms with Gasteiger partial charge in [-0.3, -0.25) is 4.90 Å². The third-order valence-corrected chi connectivity index (χ3v) is 4.27. The van der Waals surface area contributed by atoms with Crippen LogP contribution in [0.15, 0.2) is 18.5 Å². The molecular formula is C16H25N5O. The molecule has 0 aromatic carbocycles. The maximum Gasteiger partial charge on any atom is 0.152 e. The summed E-state index contributed by atoms with van der Waals surface area (Å²) in [6, 6.07) is 2.55. The average molecular weight is 303 g/mol. The van der Waals surface area contributed by atoms with E-state index >= 15 is 0 Å². The topological polar surface area (TPSA) is 54.7 Å². The molecule has 0 amide bonds. The van der Waals surface area contributed by atoms with Gasteiger partial charge in [-0.1, -0.05) is 13.8 Å². The van der Waals surface area contributed by atoms with Crippen molar-refractivity contribution in [3.63, 3.8) is 0 Å². The molecule has 2 aromatic heterocycles. The van der Waals surface area contributed by atoms with E-state index in [0.717, 1.165) is 49.9 Å². The number of aryl methyl sites for hydroxylation is 1. The van der Waals surface area contributed by atoms with Crippen LogP contribution >= 0.6 is 0 Å². The Bertz CT molecular complexity index is 618. The standard InChI is InChI=1S/C16H25N5O/c1-12(2)15(20-6-8-22-9-7-20)11-18-16-14-10-13(3)19-21(14)5-4-17-16/h4-5,10,12,15H,6-9,11H2,1-3H3,(H,17,18). The van der Waals surface area contributed by atoms with Crippen LogP contribution in [-0.2, 0) is 4.74 Å². The summed E-state index contributed by atoms with van der Waals surface area (Å²) < 4.78 is 7.35. The van der Waals surface area contributed by atoms with Crippen molar-refractivity contribution in [2.75, 3.05) is 38.2 Å². The second-order valence-corrected chi connectivity index (χ2v) is 6.23. The van der Waals surface area contributed by atoms with Crippen molar-refractivity contribution in [2.45, 2.75) is 26.8 Å². The van der Waals surface area contributed by atoms with Gasteiger partial charge in [0.15, 0.2) is 5.82 Å². The van der Waals surface area contributed by atoms with Crippen molar-refractivity contribution < 1.29 is 4.74 Å². The van der Waals surface area contributed by atoms with E-state index in [1.165, 1.54) is 0 Å². The van der Waals surface area contributed by atoms with E-state index in [2.05, 4.69) is 40.2 Å². The Labute approximate surface area is 131 Å². The number of rotatable bonds is 5. The Morgan fingerprint density at radius 3 is 2.82 bits per heavy atom. The van der Waals surface area contributed by atoms with Gasteiger partial charge in [-0.15, -0.1) is 0 Å². The van der Waals surface area contributed by atoms with Crippen molar-refractivity contribution in [3.8, 4) is 0 Å². The van der Waals surface area contributed by atoms with Crippen LogP contribution in [0.4, 0.5) is 5.82 Å². The van der Waals surface area contributed by atoms with Gasteiger partial charge in [0.05, 0.1) is 18.9 Å². The van der Waals surface area contributed by atoms with Crippen molar-refractivity contribution in [3.05, 3.63) is 24.2 Å². The van der Waals surface area contributed by atoms with E-state index in [1.807, 2.05) is 17.6 Å². The summed E-state index contributed by atoms with van der Waals surface area (Å²) in [5, 5.41) is 7.96. The first-order valence-electron chi connectivity index (χ1n) is 8.02.